The molecule has 0 radical (unpaired) electrons. The molecule has 0 aliphatic rings. The summed E-state index contributed by atoms with van der Waals surface area (Å²) in [6.45, 7) is 0.0132. The Hall–Kier alpha value is -1.65. The molecule has 7 heteroatoms. The smallest absolute Gasteiger partial charge is 0.261 e. The lowest BCUT2D eigenvalue weighted by molar-refractivity contribution is -0.121. The SMILES string of the molecule is C#CCNC(=O)Cn1cnc2c(Br)cc(Br)cc2c1=O. The highest BCUT2D eigenvalue weighted by atomic mass is 79.9. The molecule has 0 bridgehead atoms. The Kier molecular flexibility index (Phi) is 4.57. The average Bonchev–Trinajstić information content (AvgIpc) is 2.40. The van der Waals surface area contributed by atoms with Crippen molar-refractivity contribution in [2.45, 2.75) is 6.54 Å². The number of nitrogens with one attached hydrogen (secondary N) is 1. The largest absolute Gasteiger partial charge is 0.344 e. The van der Waals surface area contributed by atoms with Crippen LogP contribution in [0.25, 0.3) is 10.9 Å². The number of nitrogens with zero attached hydrogens (tertiary/aromatic N) is 2. The van der Waals surface area contributed by atoms with E-state index >= 15 is 0 Å². The van der Waals surface area contributed by atoms with Crippen LogP contribution < -0.4 is 10.9 Å². The van der Waals surface area contributed by atoms with E-state index in [1.807, 2.05) is 0 Å². The summed E-state index contributed by atoms with van der Waals surface area (Å²) >= 11 is 6.67. The van der Waals surface area contributed by atoms with Crippen molar-refractivity contribution in [2.75, 3.05) is 6.54 Å². The second kappa shape index (κ2) is 6.20. The summed E-state index contributed by atoms with van der Waals surface area (Å²) in [6, 6.07) is 3.48. The third-order valence-corrected chi connectivity index (χ3v) is 3.61. The van der Waals surface area contributed by atoms with E-state index in [-0.39, 0.29) is 24.6 Å². The highest BCUT2D eigenvalue weighted by Gasteiger charge is 2.10. The molecule has 0 saturated carbocycles. The Morgan fingerprint density at radius 3 is 2.90 bits per heavy atom. The minimum absolute atomic E-state index is 0.117. The summed E-state index contributed by atoms with van der Waals surface area (Å²) in [7, 11) is 0. The van der Waals surface area contributed by atoms with Crippen molar-refractivity contribution in [3.63, 3.8) is 0 Å². The lowest BCUT2D eigenvalue weighted by Gasteiger charge is -2.07. The van der Waals surface area contributed by atoms with Gasteiger partial charge in [-0.15, -0.1) is 6.42 Å². The maximum Gasteiger partial charge on any atom is 0.261 e. The van der Waals surface area contributed by atoms with E-state index in [0.29, 0.717) is 15.4 Å². The highest BCUT2D eigenvalue weighted by molar-refractivity contribution is 9.11. The van der Waals surface area contributed by atoms with Gasteiger partial charge in [0.1, 0.15) is 6.54 Å². The van der Waals surface area contributed by atoms with Crippen LogP contribution in [0.15, 0.2) is 32.2 Å². The van der Waals surface area contributed by atoms with Gasteiger partial charge in [-0.3, -0.25) is 14.2 Å². The number of benzene rings is 1. The van der Waals surface area contributed by atoms with Crippen LogP contribution in [-0.4, -0.2) is 22.0 Å². The van der Waals surface area contributed by atoms with Crippen molar-refractivity contribution in [3.8, 4) is 12.3 Å². The monoisotopic (exact) mass is 397 g/mol. The van der Waals surface area contributed by atoms with Crippen LogP contribution in [0.2, 0.25) is 0 Å². The van der Waals surface area contributed by atoms with E-state index in [1.54, 1.807) is 12.1 Å². The molecule has 2 rings (SSSR count). The third kappa shape index (κ3) is 3.08. The van der Waals surface area contributed by atoms with Crippen LogP contribution in [0.3, 0.4) is 0 Å². The number of terminal acetylenes is 1. The molecule has 1 amide bonds. The van der Waals surface area contributed by atoms with Crippen molar-refractivity contribution < 1.29 is 4.79 Å². The van der Waals surface area contributed by atoms with E-state index in [2.05, 4.69) is 48.1 Å². The van der Waals surface area contributed by atoms with Crippen molar-refractivity contribution in [2.24, 2.45) is 0 Å². The Balaban J connectivity index is 2.42. The van der Waals surface area contributed by atoms with Gasteiger partial charge in [-0.2, -0.15) is 0 Å². The molecule has 0 unspecified atom stereocenters. The fourth-order valence-electron chi connectivity index (χ4n) is 1.67. The van der Waals surface area contributed by atoms with Gasteiger partial charge < -0.3 is 5.32 Å². The molecule has 0 aliphatic carbocycles. The fourth-order valence-corrected chi connectivity index (χ4v) is 3.00. The Labute approximate surface area is 131 Å². The molecule has 102 valence electrons. The minimum Gasteiger partial charge on any atom is -0.344 e. The van der Waals surface area contributed by atoms with Crippen LogP contribution in [0.4, 0.5) is 0 Å². The first kappa shape index (κ1) is 14.8. The van der Waals surface area contributed by atoms with Crippen LogP contribution in [-0.2, 0) is 11.3 Å². The zero-order chi connectivity index (χ0) is 14.7. The number of amides is 1. The third-order valence-electron chi connectivity index (χ3n) is 2.55. The Bertz CT molecular complexity index is 778. The quantitative estimate of drug-likeness (QED) is 0.800. The Morgan fingerprint density at radius 2 is 2.20 bits per heavy atom. The fraction of sp³-hybridized carbons (Fsp3) is 0.154. The molecule has 20 heavy (non-hydrogen) atoms. The van der Waals surface area contributed by atoms with E-state index < -0.39 is 0 Å². The zero-order valence-corrected chi connectivity index (χ0v) is 13.4. The van der Waals surface area contributed by atoms with Crippen molar-refractivity contribution in [3.05, 3.63) is 37.8 Å². The van der Waals surface area contributed by atoms with Gasteiger partial charge in [0.2, 0.25) is 5.91 Å². The summed E-state index contributed by atoms with van der Waals surface area (Å²) in [6.07, 6.45) is 6.40. The molecule has 0 aliphatic heterocycles. The van der Waals surface area contributed by atoms with E-state index in [1.165, 1.54) is 10.9 Å². The molecule has 5 nitrogen and oxygen atoms in total. The maximum absolute atomic E-state index is 12.3. The number of carbonyl (C=O) groups is 1. The number of halogens is 2. The first-order valence-electron chi connectivity index (χ1n) is 5.57. The van der Waals surface area contributed by atoms with Gasteiger partial charge in [0.25, 0.3) is 5.56 Å². The van der Waals surface area contributed by atoms with Gasteiger partial charge in [-0.1, -0.05) is 21.9 Å². The molecule has 0 fully saturated rings. The van der Waals surface area contributed by atoms with Crippen molar-refractivity contribution in [1.82, 2.24) is 14.9 Å². The maximum atomic E-state index is 12.3. The van der Waals surface area contributed by atoms with Crippen LogP contribution >= 0.6 is 31.9 Å². The standard InChI is InChI=1S/C13H9Br2N3O2/c1-2-3-16-11(19)6-18-7-17-12-9(13(18)20)4-8(14)5-10(12)15/h1,4-5,7H,3,6H2,(H,16,19). The average molecular weight is 399 g/mol. The van der Waals surface area contributed by atoms with E-state index in [0.717, 1.165) is 4.47 Å². The normalized spacial score (nSPS) is 10.2. The first-order chi connectivity index (χ1) is 9.52. The van der Waals surface area contributed by atoms with Gasteiger partial charge in [0.05, 0.1) is 23.8 Å². The highest BCUT2D eigenvalue weighted by Crippen LogP contribution is 2.24. The molecule has 0 spiro atoms. The predicted molar refractivity (Wildman–Crippen MR) is 83.2 cm³/mol. The molecule has 0 atom stereocenters. The number of hydrogen-bond donors (Lipinski definition) is 1. The molecular weight excluding hydrogens is 390 g/mol. The number of fused-ring (bicyclic) bond motifs is 1. The predicted octanol–water partition coefficient (Wildman–Crippen LogP) is 1.67. The summed E-state index contributed by atoms with van der Waals surface area (Å²) in [5.74, 6) is 1.96. The number of hydrogen-bond acceptors (Lipinski definition) is 3. The van der Waals surface area contributed by atoms with Crippen molar-refractivity contribution in [1.29, 1.82) is 0 Å². The van der Waals surface area contributed by atoms with Gasteiger partial charge in [0.15, 0.2) is 0 Å². The number of carbonyl (C=O) groups excluding carboxylic acids is 1. The van der Waals surface area contributed by atoms with E-state index in [4.69, 9.17) is 6.42 Å². The minimum atomic E-state index is -0.333. The number of aromatic nitrogens is 2. The number of rotatable bonds is 3. The Morgan fingerprint density at radius 1 is 1.45 bits per heavy atom. The molecule has 1 aromatic carbocycles. The second-order valence-corrected chi connectivity index (χ2v) is 5.71. The van der Waals surface area contributed by atoms with Gasteiger partial charge in [-0.05, 0) is 28.1 Å². The summed E-state index contributed by atoms with van der Waals surface area (Å²) in [5, 5.41) is 2.93. The van der Waals surface area contributed by atoms with Crippen LogP contribution in [0, 0.1) is 12.3 Å². The summed E-state index contributed by atoms with van der Waals surface area (Å²) in [5.41, 5.74) is 0.270. The second-order valence-electron chi connectivity index (χ2n) is 3.94. The topological polar surface area (TPSA) is 64.0 Å². The zero-order valence-electron chi connectivity index (χ0n) is 10.2. The van der Waals surface area contributed by atoms with Gasteiger partial charge in [-0.25, -0.2) is 4.98 Å². The molecule has 2 aromatic rings. The van der Waals surface area contributed by atoms with Crippen LogP contribution in [0.5, 0.6) is 0 Å². The molecule has 1 heterocycles. The van der Waals surface area contributed by atoms with Crippen molar-refractivity contribution >= 4 is 48.7 Å². The van der Waals surface area contributed by atoms with Gasteiger partial charge >= 0.3 is 0 Å². The first-order valence-corrected chi connectivity index (χ1v) is 7.16. The summed E-state index contributed by atoms with van der Waals surface area (Å²) in [4.78, 5) is 28.1. The summed E-state index contributed by atoms with van der Waals surface area (Å²) < 4.78 is 2.71. The van der Waals surface area contributed by atoms with E-state index in [9.17, 15) is 9.59 Å². The molecule has 1 aromatic heterocycles. The lowest BCUT2D eigenvalue weighted by atomic mass is 10.2. The lowest BCUT2D eigenvalue weighted by Crippen LogP contribution is -2.32. The van der Waals surface area contributed by atoms with Crippen LogP contribution in [0.1, 0.15) is 0 Å². The molecule has 0 saturated heterocycles. The molecule has 1 N–H and O–H groups in total. The van der Waals surface area contributed by atoms with Gasteiger partial charge in [0, 0.05) is 8.95 Å². The molecular formula is C13H9Br2N3O2.